The smallest absolute Gasteiger partial charge is 0.308 e. The van der Waals surface area contributed by atoms with E-state index in [1.807, 2.05) is 20.8 Å². The highest BCUT2D eigenvalue weighted by Gasteiger charge is 2.33. The standard InChI is InChI=1S/C15H26N2O4/c1-15(2,3)14(21)16-9-5-8-12(18)17-11-7-4-6-10(11)13(19)20/h10-11H,4-9H2,1-3H3,(H,16,21)(H,17,18)(H,19,20)/t10-,11+/m0/s1. The van der Waals surface area contributed by atoms with Gasteiger partial charge < -0.3 is 15.7 Å². The van der Waals surface area contributed by atoms with Crippen molar-refractivity contribution in [2.75, 3.05) is 6.54 Å². The Morgan fingerprint density at radius 1 is 1.19 bits per heavy atom. The van der Waals surface area contributed by atoms with Crippen LogP contribution in [-0.4, -0.2) is 35.5 Å². The third-order valence-corrected chi connectivity index (χ3v) is 3.73. The third-order valence-electron chi connectivity index (χ3n) is 3.73. The SMILES string of the molecule is CC(C)(C)C(=O)NCCCC(=O)N[C@@H]1CCC[C@@H]1C(=O)O. The summed E-state index contributed by atoms with van der Waals surface area (Å²) in [4.78, 5) is 34.4. The Balaban J connectivity index is 2.23. The van der Waals surface area contributed by atoms with E-state index < -0.39 is 17.3 Å². The number of carboxylic acid groups (broad SMARTS) is 1. The molecule has 0 heterocycles. The summed E-state index contributed by atoms with van der Waals surface area (Å²) >= 11 is 0. The van der Waals surface area contributed by atoms with Gasteiger partial charge in [0.05, 0.1) is 5.92 Å². The summed E-state index contributed by atoms with van der Waals surface area (Å²) in [5.74, 6) is -1.48. The summed E-state index contributed by atoms with van der Waals surface area (Å²) in [6.07, 6.45) is 3.04. The van der Waals surface area contributed by atoms with Gasteiger partial charge in [0.1, 0.15) is 0 Å². The number of hydrogen-bond acceptors (Lipinski definition) is 3. The summed E-state index contributed by atoms with van der Waals surface area (Å²) in [5, 5.41) is 14.6. The van der Waals surface area contributed by atoms with Crippen molar-refractivity contribution in [1.82, 2.24) is 10.6 Å². The number of hydrogen-bond donors (Lipinski definition) is 3. The van der Waals surface area contributed by atoms with Crippen LogP contribution in [0.2, 0.25) is 0 Å². The summed E-state index contributed by atoms with van der Waals surface area (Å²) in [7, 11) is 0. The Hall–Kier alpha value is -1.59. The van der Waals surface area contributed by atoms with Crippen molar-refractivity contribution < 1.29 is 19.5 Å². The van der Waals surface area contributed by atoms with Crippen molar-refractivity contribution in [3.63, 3.8) is 0 Å². The van der Waals surface area contributed by atoms with Crippen molar-refractivity contribution in [1.29, 1.82) is 0 Å². The molecule has 2 amide bonds. The molecule has 0 spiro atoms. The summed E-state index contributed by atoms with van der Waals surface area (Å²) in [5.41, 5.74) is -0.430. The molecule has 21 heavy (non-hydrogen) atoms. The maximum absolute atomic E-state index is 11.8. The maximum Gasteiger partial charge on any atom is 0.308 e. The molecule has 6 nitrogen and oxygen atoms in total. The van der Waals surface area contributed by atoms with Crippen LogP contribution >= 0.6 is 0 Å². The molecule has 0 bridgehead atoms. The van der Waals surface area contributed by atoms with E-state index in [2.05, 4.69) is 10.6 Å². The van der Waals surface area contributed by atoms with Gasteiger partial charge in [-0.05, 0) is 19.3 Å². The number of amides is 2. The first-order chi connectivity index (χ1) is 9.71. The fraction of sp³-hybridized carbons (Fsp3) is 0.800. The first kappa shape index (κ1) is 17.5. The van der Waals surface area contributed by atoms with E-state index in [0.717, 1.165) is 12.8 Å². The van der Waals surface area contributed by atoms with E-state index in [0.29, 0.717) is 25.8 Å². The van der Waals surface area contributed by atoms with Gasteiger partial charge in [-0.1, -0.05) is 27.2 Å². The number of carboxylic acids is 1. The summed E-state index contributed by atoms with van der Waals surface area (Å²) < 4.78 is 0. The highest BCUT2D eigenvalue weighted by molar-refractivity contribution is 5.81. The largest absolute Gasteiger partial charge is 0.481 e. The lowest BCUT2D eigenvalue weighted by Crippen LogP contribution is -2.40. The van der Waals surface area contributed by atoms with Crippen LogP contribution in [0.3, 0.4) is 0 Å². The van der Waals surface area contributed by atoms with E-state index in [-0.39, 0.29) is 17.9 Å². The van der Waals surface area contributed by atoms with E-state index >= 15 is 0 Å². The molecule has 0 aromatic heterocycles. The van der Waals surface area contributed by atoms with E-state index in [1.54, 1.807) is 0 Å². The van der Waals surface area contributed by atoms with Gasteiger partial charge in [-0.2, -0.15) is 0 Å². The van der Waals surface area contributed by atoms with E-state index in [4.69, 9.17) is 5.11 Å². The van der Waals surface area contributed by atoms with Crippen molar-refractivity contribution in [3.05, 3.63) is 0 Å². The minimum Gasteiger partial charge on any atom is -0.481 e. The Bertz CT molecular complexity index is 401. The van der Waals surface area contributed by atoms with Crippen molar-refractivity contribution in [2.45, 2.75) is 58.9 Å². The lowest BCUT2D eigenvalue weighted by Gasteiger charge is -2.18. The minimum absolute atomic E-state index is 0.0374. The first-order valence-electron chi connectivity index (χ1n) is 7.52. The Morgan fingerprint density at radius 3 is 2.43 bits per heavy atom. The van der Waals surface area contributed by atoms with Gasteiger partial charge >= 0.3 is 5.97 Å². The molecule has 1 saturated carbocycles. The van der Waals surface area contributed by atoms with Crippen LogP contribution in [0.15, 0.2) is 0 Å². The van der Waals surface area contributed by atoms with Gasteiger partial charge in [-0.15, -0.1) is 0 Å². The summed E-state index contributed by atoms with van der Waals surface area (Å²) in [6.45, 7) is 5.96. The molecule has 1 fully saturated rings. The van der Waals surface area contributed by atoms with Crippen molar-refractivity contribution in [3.8, 4) is 0 Å². The van der Waals surface area contributed by atoms with Crippen molar-refractivity contribution >= 4 is 17.8 Å². The average Bonchev–Trinajstić information content (AvgIpc) is 2.81. The molecular weight excluding hydrogens is 272 g/mol. The predicted molar refractivity (Wildman–Crippen MR) is 78.6 cm³/mol. The monoisotopic (exact) mass is 298 g/mol. The van der Waals surface area contributed by atoms with Crippen molar-refractivity contribution in [2.24, 2.45) is 11.3 Å². The van der Waals surface area contributed by atoms with Crippen LogP contribution in [0.25, 0.3) is 0 Å². The second kappa shape index (κ2) is 7.43. The van der Waals surface area contributed by atoms with Gasteiger partial charge in [0.15, 0.2) is 0 Å². The number of carbonyl (C=O) groups is 3. The molecule has 0 radical (unpaired) electrons. The number of rotatable bonds is 6. The van der Waals surface area contributed by atoms with Crippen LogP contribution in [-0.2, 0) is 14.4 Å². The lowest BCUT2D eigenvalue weighted by molar-refractivity contribution is -0.142. The Kier molecular flexibility index (Phi) is 6.18. The molecule has 1 aliphatic rings. The average molecular weight is 298 g/mol. The molecular formula is C15H26N2O4. The normalized spacial score (nSPS) is 21.9. The zero-order valence-corrected chi connectivity index (χ0v) is 13.1. The fourth-order valence-corrected chi connectivity index (χ4v) is 2.42. The Morgan fingerprint density at radius 2 is 1.86 bits per heavy atom. The van der Waals surface area contributed by atoms with Gasteiger partial charge in [0.2, 0.25) is 11.8 Å². The quantitative estimate of drug-likeness (QED) is 0.644. The zero-order valence-electron chi connectivity index (χ0n) is 13.1. The third kappa shape index (κ3) is 5.73. The molecule has 0 aromatic rings. The molecule has 3 N–H and O–H groups in total. The number of carbonyl (C=O) groups excluding carboxylic acids is 2. The lowest BCUT2D eigenvalue weighted by atomic mass is 9.96. The molecule has 2 atom stereocenters. The molecule has 0 aliphatic heterocycles. The van der Waals surface area contributed by atoms with Crippen LogP contribution in [0.4, 0.5) is 0 Å². The van der Waals surface area contributed by atoms with Gasteiger partial charge in [0, 0.05) is 24.4 Å². The summed E-state index contributed by atoms with van der Waals surface area (Å²) in [6, 6.07) is -0.251. The zero-order chi connectivity index (χ0) is 16.0. The topological polar surface area (TPSA) is 95.5 Å². The Labute approximate surface area is 125 Å². The highest BCUT2D eigenvalue weighted by atomic mass is 16.4. The molecule has 0 aromatic carbocycles. The van der Waals surface area contributed by atoms with Gasteiger partial charge in [-0.25, -0.2) is 0 Å². The molecule has 1 rings (SSSR count). The number of aliphatic carboxylic acids is 1. The minimum atomic E-state index is -0.838. The maximum atomic E-state index is 11.8. The predicted octanol–water partition coefficient (Wildman–Crippen LogP) is 1.30. The van der Waals surface area contributed by atoms with Crippen LogP contribution in [0.5, 0.6) is 0 Å². The second-order valence-corrected chi connectivity index (χ2v) is 6.66. The molecule has 6 heteroatoms. The first-order valence-corrected chi connectivity index (χ1v) is 7.52. The molecule has 120 valence electrons. The van der Waals surface area contributed by atoms with Gasteiger partial charge in [-0.3, -0.25) is 14.4 Å². The molecule has 1 aliphatic carbocycles. The number of nitrogens with one attached hydrogen (secondary N) is 2. The highest BCUT2D eigenvalue weighted by Crippen LogP contribution is 2.25. The second-order valence-electron chi connectivity index (χ2n) is 6.66. The van der Waals surface area contributed by atoms with Gasteiger partial charge in [0.25, 0.3) is 0 Å². The molecule has 0 unspecified atom stereocenters. The van der Waals surface area contributed by atoms with E-state index in [1.165, 1.54) is 0 Å². The van der Waals surface area contributed by atoms with Crippen LogP contribution in [0, 0.1) is 11.3 Å². The fourth-order valence-electron chi connectivity index (χ4n) is 2.42. The molecule has 0 saturated heterocycles. The van der Waals surface area contributed by atoms with Crippen LogP contribution in [0.1, 0.15) is 52.9 Å². The van der Waals surface area contributed by atoms with E-state index in [9.17, 15) is 14.4 Å². The van der Waals surface area contributed by atoms with Crippen LogP contribution < -0.4 is 10.6 Å².